The average Bonchev–Trinajstić information content (AvgIpc) is 2.45. The van der Waals surface area contributed by atoms with Gasteiger partial charge in [-0.3, -0.25) is 4.79 Å². The highest BCUT2D eigenvalue weighted by molar-refractivity contribution is 9.10. The fraction of sp³-hybridized carbons (Fsp3) is 0.500. The minimum atomic E-state index is -0.661. The van der Waals surface area contributed by atoms with Crippen LogP contribution in [0.3, 0.4) is 0 Å². The van der Waals surface area contributed by atoms with Crippen LogP contribution in [0.5, 0.6) is 5.75 Å². The Morgan fingerprint density at radius 2 is 2.14 bits per heavy atom. The first-order valence-electron chi connectivity index (χ1n) is 6.63. The molecule has 0 aliphatic carbocycles. The summed E-state index contributed by atoms with van der Waals surface area (Å²) < 4.78 is 23.8. The molecule has 1 aromatic carbocycles. The second-order valence-electron chi connectivity index (χ2n) is 4.37. The Hall–Kier alpha value is -1.18. The first-order chi connectivity index (χ1) is 10.0. The zero-order valence-corrected chi connectivity index (χ0v) is 13.7. The zero-order chi connectivity index (χ0) is 15.7. The molecule has 1 rings (SSSR count). The highest BCUT2D eigenvalue weighted by atomic mass is 79.9. The summed E-state index contributed by atoms with van der Waals surface area (Å²) in [6.07, 6.45) is -0.661. The number of methoxy groups -OCH3 is 1. The summed E-state index contributed by atoms with van der Waals surface area (Å²) in [5.74, 6) is -0.162. The van der Waals surface area contributed by atoms with Gasteiger partial charge in [0.25, 0.3) is 5.91 Å². The number of rotatable bonds is 9. The molecule has 0 saturated heterocycles. The molecular formula is C14H20BrFN2O3. The third-order valence-corrected chi connectivity index (χ3v) is 3.27. The van der Waals surface area contributed by atoms with Gasteiger partial charge in [0.15, 0.2) is 6.10 Å². The van der Waals surface area contributed by atoms with Gasteiger partial charge in [0, 0.05) is 26.7 Å². The first-order valence-corrected chi connectivity index (χ1v) is 7.43. The molecule has 5 nitrogen and oxygen atoms in total. The molecule has 0 spiro atoms. The van der Waals surface area contributed by atoms with E-state index in [1.807, 2.05) is 0 Å². The van der Waals surface area contributed by atoms with E-state index in [1.165, 1.54) is 18.2 Å². The van der Waals surface area contributed by atoms with E-state index >= 15 is 0 Å². The minimum Gasteiger partial charge on any atom is -0.480 e. The molecular weight excluding hydrogens is 343 g/mol. The fourth-order valence-electron chi connectivity index (χ4n) is 1.53. The van der Waals surface area contributed by atoms with Gasteiger partial charge in [-0.05, 0) is 41.1 Å². The van der Waals surface area contributed by atoms with Crippen LogP contribution < -0.4 is 15.4 Å². The minimum absolute atomic E-state index is 0.222. The number of hydrogen-bond donors (Lipinski definition) is 2. The Morgan fingerprint density at radius 1 is 1.38 bits per heavy atom. The summed E-state index contributed by atoms with van der Waals surface area (Å²) in [4.78, 5) is 11.8. The number of carbonyl (C=O) groups excluding carboxylic acids is 1. The molecule has 2 N–H and O–H groups in total. The van der Waals surface area contributed by atoms with Crippen molar-refractivity contribution in [3.8, 4) is 5.75 Å². The summed E-state index contributed by atoms with van der Waals surface area (Å²) in [6, 6.07) is 4.06. The van der Waals surface area contributed by atoms with Gasteiger partial charge in [-0.25, -0.2) is 4.39 Å². The van der Waals surface area contributed by atoms with E-state index in [-0.39, 0.29) is 11.7 Å². The molecule has 1 aromatic rings. The van der Waals surface area contributed by atoms with Crippen LogP contribution in [0.4, 0.5) is 4.39 Å². The number of hydrogen-bond acceptors (Lipinski definition) is 4. The summed E-state index contributed by atoms with van der Waals surface area (Å²) in [7, 11) is 1.63. The Morgan fingerprint density at radius 3 is 2.81 bits per heavy atom. The lowest BCUT2D eigenvalue weighted by Gasteiger charge is -2.16. The van der Waals surface area contributed by atoms with Crippen molar-refractivity contribution in [2.24, 2.45) is 0 Å². The molecule has 1 atom stereocenters. The van der Waals surface area contributed by atoms with Crippen LogP contribution in [0.2, 0.25) is 0 Å². The maximum absolute atomic E-state index is 13.0. The Labute approximate surface area is 132 Å². The normalized spacial score (nSPS) is 12.0. The molecule has 0 heterocycles. The molecule has 0 aliphatic heterocycles. The van der Waals surface area contributed by atoms with E-state index in [4.69, 9.17) is 9.47 Å². The number of amides is 1. The van der Waals surface area contributed by atoms with E-state index in [2.05, 4.69) is 26.6 Å². The van der Waals surface area contributed by atoms with Crippen LogP contribution in [0.25, 0.3) is 0 Å². The maximum atomic E-state index is 13.0. The zero-order valence-electron chi connectivity index (χ0n) is 12.1. The topological polar surface area (TPSA) is 59.6 Å². The number of carbonyl (C=O) groups is 1. The monoisotopic (exact) mass is 362 g/mol. The molecule has 0 bridgehead atoms. The van der Waals surface area contributed by atoms with E-state index in [1.54, 1.807) is 14.0 Å². The Kier molecular flexibility index (Phi) is 8.26. The molecule has 0 saturated carbocycles. The van der Waals surface area contributed by atoms with Gasteiger partial charge in [-0.2, -0.15) is 0 Å². The average molecular weight is 363 g/mol. The van der Waals surface area contributed by atoms with Crippen LogP contribution in [-0.4, -0.2) is 45.4 Å². The van der Waals surface area contributed by atoms with Crippen molar-refractivity contribution in [1.29, 1.82) is 0 Å². The lowest BCUT2D eigenvalue weighted by Crippen LogP contribution is -2.40. The highest BCUT2D eigenvalue weighted by Crippen LogP contribution is 2.26. The van der Waals surface area contributed by atoms with Gasteiger partial charge in [0.1, 0.15) is 11.6 Å². The number of benzene rings is 1. The van der Waals surface area contributed by atoms with Crippen LogP contribution in [-0.2, 0) is 9.53 Å². The number of ether oxygens (including phenoxy) is 2. The second kappa shape index (κ2) is 9.70. The summed E-state index contributed by atoms with van der Waals surface area (Å²) in [6.45, 7) is 4.17. The van der Waals surface area contributed by atoms with Crippen molar-refractivity contribution in [1.82, 2.24) is 10.6 Å². The van der Waals surface area contributed by atoms with Crippen molar-refractivity contribution in [2.45, 2.75) is 13.0 Å². The Balaban J connectivity index is 2.30. The largest absolute Gasteiger partial charge is 0.480 e. The van der Waals surface area contributed by atoms with Crippen LogP contribution in [0, 0.1) is 5.82 Å². The van der Waals surface area contributed by atoms with E-state index in [0.29, 0.717) is 29.9 Å². The molecule has 118 valence electrons. The van der Waals surface area contributed by atoms with Crippen molar-refractivity contribution < 1.29 is 18.7 Å². The third-order valence-electron chi connectivity index (χ3n) is 2.65. The Bertz CT molecular complexity index is 460. The smallest absolute Gasteiger partial charge is 0.260 e. The molecule has 0 fully saturated rings. The fourth-order valence-corrected chi connectivity index (χ4v) is 1.98. The van der Waals surface area contributed by atoms with Crippen molar-refractivity contribution >= 4 is 21.8 Å². The van der Waals surface area contributed by atoms with Crippen LogP contribution >= 0.6 is 15.9 Å². The molecule has 0 aliphatic rings. The maximum Gasteiger partial charge on any atom is 0.260 e. The van der Waals surface area contributed by atoms with Gasteiger partial charge < -0.3 is 20.1 Å². The lowest BCUT2D eigenvalue weighted by atomic mass is 10.3. The number of halogens is 2. The standard InChI is InChI=1S/C14H20BrFN2O3/c1-10(14(19)18-6-5-17-7-8-20-2)21-13-4-3-11(16)9-12(13)15/h3-4,9-10,17H,5-8H2,1-2H3,(H,18,19). The van der Waals surface area contributed by atoms with Crippen molar-refractivity contribution in [3.63, 3.8) is 0 Å². The van der Waals surface area contributed by atoms with Gasteiger partial charge in [-0.15, -0.1) is 0 Å². The summed E-state index contributed by atoms with van der Waals surface area (Å²) in [5, 5.41) is 5.87. The third kappa shape index (κ3) is 6.88. The first kappa shape index (κ1) is 17.9. The number of nitrogens with one attached hydrogen (secondary N) is 2. The van der Waals surface area contributed by atoms with E-state index < -0.39 is 6.10 Å². The van der Waals surface area contributed by atoms with E-state index in [0.717, 1.165) is 6.54 Å². The van der Waals surface area contributed by atoms with E-state index in [9.17, 15) is 9.18 Å². The molecule has 0 radical (unpaired) electrons. The highest BCUT2D eigenvalue weighted by Gasteiger charge is 2.15. The summed E-state index contributed by atoms with van der Waals surface area (Å²) in [5.41, 5.74) is 0. The van der Waals surface area contributed by atoms with Crippen LogP contribution in [0.15, 0.2) is 22.7 Å². The molecule has 21 heavy (non-hydrogen) atoms. The van der Waals surface area contributed by atoms with Crippen LogP contribution in [0.1, 0.15) is 6.92 Å². The second-order valence-corrected chi connectivity index (χ2v) is 5.22. The molecule has 1 unspecified atom stereocenters. The van der Waals surface area contributed by atoms with Gasteiger partial charge in [0.2, 0.25) is 0 Å². The van der Waals surface area contributed by atoms with Gasteiger partial charge in [-0.1, -0.05) is 0 Å². The van der Waals surface area contributed by atoms with Gasteiger partial charge >= 0.3 is 0 Å². The van der Waals surface area contributed by atoms with Gasteiger partial charge in [0.05, 0.1) is 11.1 Å². The predicted molar refractivity (Wildman–Crippen MR) is 81.9 cm³/mol. The van der Waals surface area contributed by atoms with Crippen molar-refractivity contribution in [2.75, 3.05) is 33.4 Å². The predicted octanol–water partition coefficient (Wildman–Crippen LogP) is 1.71. The molecule has 7 heteroatoms. The molecule has 1 amide bonds. The quantitative estimate of drug-likeness (QED) is 0.656. The lowest BCUT2D eigenvalue weighted by molar-refractivity contribution is -0.127. The summed E-state index contributed by atoms with van der Waals surface area (Å²) >= 11 is 3.19. The molecule has 0 aromatic heterocycles. The van der Waals surface area contributed by atoms with Crippen molar-refractivity contribution in [3.05, 3.63) is 28.5 Å². The SMILES string of the molecule is COCCNCCNC(=O)C(C)Oc1ccc(F)cc1Br.